The van der Waals surface area contributed by atoms with Crippen LogP contribution in [0.15, 0.2) is 42.7 Å². The molecule has 1 saturated heterocycles. The predicted octanol–water partition coefficient (Wildman–Crippen LogP) is 1.97. The number of rotatable bonds is 5. The molecule has 138 valence electrons. The molecule has 0 saturated carbocycles. The normalized spacial score (nSPS) is 18.3. The molecule has 1 aliphatic heterocycles. The Morgan fingerprint density at radius 1 is 1.27 bits per heavy atom. The van der Waals surface area contributed by atoms with Gasteiger partial charge in [-0.05, 0) is 36.8 Å². The molecule has 7 nitrogen and oxygen atoms in total. The van der Waals surface area contributed by atoms with Gasteiger partial charge in [0, 0.05) is 25.0 Å². The predicted molar refractivity (Wildman–Crippen MR) is 101 cm³/mol. The summed E-state index contributed by atoms with van der Waals surface area (Å²) in [5, 5.41) is 2.81. The van der Waals surface area contributed by atoms with E-state index in [2.05, 4.69) is 10.3 Å². The van der Waals surface area contributed by atoms with Crippen molar-refractivity contribution in [1.82, 2.24) is 4.98 Å². The van der Waals surface area contributed by atoms with Crippen LogP contribution >= 0.6 is 0 Å². The van der Waals surface area contributed by atoms with Gasteiger partial charge in [0.25, 0.3) is 5.91 Å². The molecule has 1 aromatic heterocycles. The first-order valence-corrected chi connectivity index (χ1v) is 10.0. The number of ether oxygens (including phenoxy) is 1. The standard InChI is InChI=1S/C18H21N3O4S/c1-21(15-7-8-26(23,24)12-15)16-9-13(10-19-11-16)18(22)20-14-3-5-17(25-2)6-4-14/h3-6,9-11,15H,7-8,12H2,1-2H3,(H,20,22). The lowest BCUT2D eigenvalue weighted by Gasteiger charge is -2.25. The number of nitrogens with one attached hydrogen (secondary N) is 1. The van der Waals surface area contributed by atoms with Gasteiger partial charge in [-0.15, -0.1) is 0 Å². The molecule has 1 N–H and O–H groups in total. The number of anilines is 2. The zero-order valence-corrected chi connectivity index (χ0v) is 15.5. The molecule has 2 aromatic rings. The monoisotopic (exact) mass is 375 g/mol. The number of benzene rings is 1. The first-order chi connectivity index (χ1) is 12.4. The van der Waals surface area contributed by atoms with Gasteiger partial charge in [0.2, 0.25) is 0 Å². The van der Waals surface area contributed by atoms with Gasteiger partial charge in [0.05, 0.1) is 36.1 Å². The third-order valence-electron chi connectivity index (χ3n) is 4.50. The summed E-state index contributed by atoms with van der Waals surface area (Å²) in [5.41, 5.74) is 1.77. The average Bonchev–Trinajstić information content (AvgIpc) is 3.01. The molecule has 0 aliphatic carbocycles. The molecule has 1 aromatic carbocycles. The van der Waals surface area contributed by atoms with Crippen LogP contribution in [0, 0.1) is 0 Å². The molecule has 2 heterocycles. The van der Waals surface area contributed by atoms with E-state index in [0.717, 1.165) is 5.69 Å². The Morgan fingerprint density at radius 2 is 2.00 bits per heavy atom. The van der Waals surface area contributed by atoms with E-state index < -0.39 is 9.84 Å². The smallest absolute Gasteiger partial charge is 0.257 e. The summed E-state index contributed by atoms with van der Waals surface area (Å²) >= 11 is 0. The fourth-order valence-corrected chi connectivity index (χ4v) is 4.69. The lowest BCUT2D eigenvalue weighted by atomic mass is 10.2. The molecule has 1 atom stereocenters. The first-order valence-electron chi connectivity index (χ1n) is 8.22. The number of hydrogen-bond acceptors (Lipinski definition) is 6. The largest absolute Gasteiger partial charge is 0.497 e. The van der Waals surface area contributed by atoms with E-state index in [9.17, 15) is 13.2 Å². The quantitative estimate of drug-likeness (QED) is 0.859. The minimum Gasteiger partial charge on any atom is -0.497 e. The molecule has 0 spiro atoms. The molecule has 8 heteroatoms. The summed E-state index contributed by atoms with van der Waals surface area (Å²) < 4.78 is 28.5. The maximum atomic E-state index is 12.5. The highest BCUT2D eigenvalue weighted by Crippen LogP contribution is 2.23. The van der Waals surface area contributed by atoms with Crippen LogP contribution in [-0.2, 0) is 9.84 Å². The number of pyridine rings is 1. The van der Waals surface area contributed by atoms with E-state index in [1.54, 1.807) is 43.6 Å². The van der Waals surface area contributed by atoms with E-state index in [1.807, 2.05) is 11.9 Å². The van der Waals surface area contributed by atoms with E-state index >= 15 is 0 Å². The fourth-order valence-electron chi connectivity index (χ4n) is 2.91. The highest BCUT2D eigenvalue weighted by atomic mass is 32.2. The van der Waals surface area contributed by atoms with Crippen LogP contribution in [0.2, 0.25) is 0 Å². The molecule has 1 unspecified atom stereocenters. The van der Waals surface area contributed by atoms with E-state index in [0.29, 0.717) is 23.4 Å². The van der Waals surface area contributed by atoms with Gasteiger partial charge in [0.15, 0.2) is 9.84 Å². The number of carbonyl (C=O) groups excluding carboxylic acids is 1. The number of aromatic nitrogens is 1. The molecule has 1 amide bonds. The summed E-state index contributed by atoms with van der Waals surface area (Å²) in [6.45, 7) is 0. The highest BCUT2D eigenvalue weighted by Gasteiger charge is 2.31. The Balaban J connectivity index is 1.72. The number of carbonyl (C=O) groups is 1. The maximum Gasteiger partial charge on any atom is 0.257 e. The average molecular weight is 375 g/mol. The Morgan fingerprint density at radius 3 is 2.62 bits per heavy atom. The van der Waals surface area contributed by atoms with Crippen LogP contribution in [-0.4, -0.2) is 51.0 Å². The van der Waals surface area contributed by atoms with Gasteiger partial charge in [-0.2, -0.15) is 0 Å². The lowest BCUT2D eigenvalue weighted by Crippen LogP contribution is -2.32. The van der Waals surface area contributed by atoms with Gasteiger partial charge in [-0.3, -0.25) is 9.78 Å². The second-order valence-electron chi connectivity index (χ2n) is 6.28. The Bertz CT molecular complexity index is 897. The van der Waals surface area contributed by atoms with Gasteiger partial charge in [0.1, 0.15) is 5.75 Å². The van der Waals surface area contributed by atoms with E-state index in [1.165, 1.54) is 6.20 Å². The van der Waals surface area contributed by atoms with Crippen molar-refractivity contribution in [2.24, 2.45) is 0 Å². The van der Waals surface area contributed by atoms with Crippen LogP contribution in [0.5, 0.6) is 5.75 Å². The summed E-state index contributed by atoms with van der Waals surface area (Å²) in [5.74, 6) is 0.760. The fraction of sp³-hybridized carbons (Fsp3) is 0.333. The number of amides is 1. The van der Waals surface area contributed by atoms with Crippen LogP contribution in [0.25, 0.3) is 0 Å². The molecule has 3 rings (SSSR count). The minimum absolute atomic E-state index is 0.0956. The first kappa shape index (κ1) is 18.2. The van der Waals surface area contributed by atoms with Crippen molar-refractivity contribution >= 4 is 27.1 Å². The molecule has 26 heavy (non-hydrogen) atoms. The second-order valence-corrected chi connectivity index (χ2v) is 8.51. The topological polar surface area (TPSA) is 88.6 Å². The summed E-state index contributed by atoms with van der Waals surface area (Å²) in [6, 6.07) is 8.66. The number of sulfone groups is 1. The summed E-state index contributed by atoms with van der Waals surface area (Å²) in [4.78, 5) is 18.5. The van der Waals surface area contributed by atoms with Crippen molar-refractivity contribution in [3.63, 3.8) is 0 Å². The SMILES string of the molecule is COc1ccc(NC(=O)c2cncc(N(C)C3CCS(=O)(=O)C3)c2)cc1. The summed E-state index contributed by atoms with van der Waals surface area (Å²) in [7, 11) is 0.434. The van der Waals surface area contributed by atoms with Gasteiger partial charge in [-0.1, -0.05) is 0 Å². The Kier molecular flexibility index (Phi) is 5.13. The third-order valence-corrected chi connectivity index (χ3v) is 6.25. The van der Waals surface area contributed by atoms with Crippen molar-refractivity contribution in [3.8, 4) is 5.75 Å². The third kappa shape index (κ3) is 4.13. The molecule has 0 radical (unpaired) electrons. The van der Waals surface area contributed by atoms with E-state index in [-0.39, 0.29) is 23.5 Å². The van der Waals surface area contributed by atoms with Crippen LogP contribution in [0.1, 0.15) is 16.8 Å². The number of hydrogen-bond donors (Lipinski definition) is 1. The van der Waals surface area contributed by atoms with Crippen LogP contribution < -0.4 is 15.0 Å². The van der Waals surface area contributed by atoms with Gasteiger partial charge < -0.3 is 15.0 Å². The zero-order chi connectivity index (χ0) is 18.7. The molecule has 0 bridgehead atoms. The molecular weight excluding hydrogens is 354 g/mol. The molecule has 1 fully saturated rings. The van der Waals surface area contributed by atoms with Crippen LogP contribution in [0.3, 0.4) is 0 Å². The van der Waals surface area contributed by atoms with Crippen molar-refractivity contribution in [3.05, 3.63) is 48.3 Å². The molecular formula is C18H21N3O4S. The summed E-state index contributed by atoms with van der Waals surface area (Å²) in [6.07, 6.45) is 3.71. The molecule has 1 aliphatic rings. The van der Waals surface area contributed by atoms with Crippen molar-refractivity contribution < 1.29 is 17.9 Å². The van der Waals surface area contributed by atoms with Gasteiger partial charge in [-0.25, -0.2) is 8.42 Å². The Hall–Kier alpha value is -2.61. The van der Waals surface area contributed by atoms with Crippen LogP contribution in [0.4, 0.5) is 11.4 Å². The maximum absolute atomic E-state index is 12.5. The highest BCUT2D eigenvalue weighted by molar-refractivity contribution is 7.91. The van der Waals surface area contributed by atoms with Gasteiger partial charge >= 0.3 is 0 Å². The minimum atomic E-state index is -2.97. The van der Waals surface area contributed by atoms with E-state index in [4.69, 9.17) is 4.74 Å². The second kappa shape index (κ2) is 7.33. The lowest BCUT2D eigenvalue weighted by molar-refractivity contribution is 0.102. The number of nitrogens with zero attached hydrogens (tertiary/aromatic N) is 2. The van der Waals surface area contributed by atoms with Crippen molar-refractivity contribution in [2.45, 2.75) is 12.5 Å². The van der Waals surface area contributed by atoms with Crippen molar-refractivity contribution in [2.75, 3.05) is 35.9 Å². The number of methoxy groups -OCH3 is 1. The zero-order valence-electron chi connectivity index (χ0n) is 14.7. The Labute approximate surface area is 152 Å². The van der Waals surface area contributed by atoms with Crippen molar-refractivity contribution in [1.29, 1.82) is 0 Å².